The average molecular weight is 253 g/mol. The van der Waals surface area contributed by atoms with Crippen LogP contribution >= 0.6 is 0 Å². The van der Waals surface area contributed by atoms with Crippen molar-refractivity contribution in [1.82, 2.24) is 14.5 Å². The number of nitrogens with zero attached hydrogens (tertiary/aromatic N) is 3. The molecule has 4 nitrogen and oxygen atoms in total. The van der Waals surface area contributed by atoms with Gasteiger partial charge in [-0.1, -0.05) is 12.1 Å². The van der Waals surface area contributed by atoms with E-state index in [-0.39, 0.29) is 0 Å². The van der Waals surface area contributed by atoms with Gasteiger partial charge in [0.15, 0.2) is 11.6 Å². The van der Waals surface area contributed by atoms with Crippen LogP contribution in [0.25, 0.3) is 16.9 Å². The number of aryl methyl sites for hydroxylation is 1. The lowest BCUT2D eigenvalue weighted by molar-refractivity contribution is 0.337. The van der Waals surface area contributed by atoms with Gasteiger partial charge >= 0.3 is 0 Å². The van der Waals surface area contributed by atoms with Gasteiger partial charge in [-0.15, -0.1) is 0 Å². The van der Waals surface area contributed by atoms with Crippen molar-refractivity contribution in [2.45, 2.75) is 13.8 Å². The SMILES string of the molecule is CCOc1cccnc1-n1c(C)nc2ccccc21. The van der Waals surface area contributed by atoms with Crippen LogP contribution in [0, 0.1) is 6.92 Å². The maximum absolute atomic E-state index is 5.65. The van der Waals surface area contributed by atoms with E-state index >= 15 is 0 Å². The first-order valence-electron chi connectivity index (χ1n) is 6.33. The molecule has 0 unspecified atom stereocenters. The summed E-state index contributed by atoms with van der Waals surface area (Å²) in [6, 6.07) is 11.8. The molecule has 4 heteroatoms. The molecular formula is C15H15N3O. The Morgan fingerprint density at radius 1 is 1.16 bits per heavy atom. The fourth-order valence-corrected chi connectivity index (χ4v) is 2.23. The zero-order valence-electron chi connectivity index (χ0n) is 11.0. The number of benzene rings is 1. The molecule has 0 spiro atoms. The predicted octanol–water partition coefficient (Wildman–Crippen LogP) is 3.13. The highest BCUT2D eigenvalue weighted by Crippen LogP contribution is 2.26. The summed E-state index contributed by atoms with van der Waals surface area (Å²) in [6.07, 6.45) is 1.77. The number of aromatic nitrogens is 3. The fourth-order valence-electron chi connectivity index (χ4n) is 2.23. The summed E-state index contributed by atoms with van der Waals surface area (Å²) in [6.45, 7) is 4.56. The van der Waals surface area contributed by atoms with Gasteiger partial charge < -0.3 is 4.74 Å². The molecule has 0 aliphatic carbocycles. The summed E-state index contributed by atoms with van der Waals surface area (Å²) in [7, 11) is 0. The summed E-state index contributed by atoms with van der Waals surface area (Å²) >= 11 is 0. The minimum absolute atomic E-state index is 0.615. The lowest BCUT2D eigenvalue weighted by Gasteiger charge is -2.11. The van der Waals surface area contributed by atoms with Gasteiger partial charge in [-0.2, -0.15) is 0 Å². The summed E-state index contributed by atoms with van der Waals surface area (Å²) < 4.78 is 7.68. The summed E-state index contributed by atoms with van der Waals surface area (Å²) in [5.74, 6) is 2.47. The molecule has 0 bridgehead atoms. The molecule has 2 heterocycles. The standard InChI is InChI=1S/C15H15N3O/c1-3-19-14-9-6-10-16-15(14)18-11(2)17-12-7-4-5-8-13(12)18/h4-10H,3H2,1-2H3. The van der Waals surface area contributed by atoms with Crippen LogP contribution in [0.1, 0.15) is 12.7 Å². The van der Waals surface area contributed by atoms with E-state index in [0.29, 0.717) is 6.61 Å². The second kappa shape index (κ2) is 4.72. The molecule has 0 saturated heterocycles. The molecule has 0 radical (unpaired) electrons. The quantitative estimate of drug-likeness (QED) is 0.720. The van der Waals surface area contributed by atoms with E-state index in [1.165, 1.54) is 0 Å². The van der Waals surface area contributed by atoms with Crippen LogP contribution < -0.4 is 4.74 Å². The number of fused-ring (bicyclic) bond motifs is 1. The van der Waals surface area contributed by atoms with Gasteiger partial charge in [0.05, 0.1) is 17.6 Å². The van der Waals surface area contributed by atoms with E-state index in [1.807, 2.05) is 54.8 Å². The molecule has 0 aliphatic rings. The van der Waals surface area contributed by atoms with E-state index in [2.05, 4.69) is 9.97 Å². The smallest absolute Gasteiger partial charge is 0.181 e. The Labute approximate surface area is 111 Å². The van der Waals surface area contributed by atoms with Crippen LogP contribution in [0.5, 0.6) is 5.75 Å². The van der Waals surface area contributed by atoms with Crippen LogP contribution in [-0.2, 0) is 0 Å². The first-order chi connectivity index (χ1) is 9.31. The van der Waals surface area contributed by atoms with Gasteiger partial charge in [-0.25, -0.2) is 9.97 Å². The van der Waals surface area contributed by atoms with Crippen molar-refractivity contribution in [2.75, 3.05) is 6.61 Å². The highest BCUT2D eigenvalue weighted by Gasteiger charge is 2.13. The van der Waals surface area contributed by atoms with Crippen molar-refractivity contribution in [3.63, 3.8) is 0 Å². The molecule has 0 amide bonds. The van der Waals surface area contributed by atoms with Crippen LogP contribution in [0.2, 0.25) is 0 Å². The molecule has 96 valence electrons. The Balaban J connectivity index is 2.27. The van der Waals surface area contributed by atoms with Gasteiger partial charge in [0.1, 0.15) is 5.82 Å². The van der Waals surface area contributed by atoms with Gasteiger partial charge in [0, 0.05) is 6.20 Å². The van der Waals surface area contributed by atoms with Crippen LogP contribution in [-0.4, -0.2) is 21.1 Å². The highest BCUT2D eigenvalue weighted by molar-refractivity contribution is 5.78. The molecule has 3 rings (SSSR count). The van der Waals surface area contributed by atoms with Crippen molar-refractivity contribution < 1.29 is 4.74 Å². The van der Waals surface area contributed by atoms with Crippen LogP contribution in [0.3, 0.4) is 0 Å². The van der Waals surface area contributed by atoms with Crippen LogP contribution in [0.15, 0.2) is 42.6 Å². The molecular weight excluding hydrogens is 238 g/mol. The van der Waals surface area contributed by atoms with E-state index in [4.69, 9.17) is 4.74 Å². The zero-order valence-corrected chi connectivity index (χ0v) is 11.0. The molecule has 1 aromatic carbocycles. The number of para-hydroxylation sites is 2. The number of rotatable bonds is 3. The summed E-state index contributed by atoms with van der Waals surface area (Å²) in [4.78, 5) is 9.01. The minimum Gasteiger partial charge on any atom is -0.490 e. The number of hydrogen-bond donors (Lipinski definition) is 0. The Kier molecular flexibility index (Phi) is 2.91. The molecule has 0 atom stereocenters. The topological polar surface area (TPSA) is 39.9 Å². The summed E-state index contributed by atoms with van der Waals surface area (Å²) in [5, 5.41) is 0. The molecule has 3 aromatic rings. The normalized spacial score (nSPS) is 10.8. The van der Waals surface area contributed by atoms with Crippen molar-refractivity contribution in [2.24, 2.45) is 0 Å². The van der Waals surface area contributed by atoms with Gasteiger partial charge in [-0.05, 0) is 38.1 Å². The number of ether oxygens (including phenoxy) is 1. The van der Waals surface area contributed by atoms with Crippen molar-refractivity contribution in [3.8, 4) is 11.6 Å². The number of pyridine rings is 1. The zero-order chi connectivity index (χ0) is 13.2. The van der Waals surface area contributed by atoms with Crippen LogP contribution in [0.4, 0.5) is 0 Å². The molecule has 19 heavy (non-hydrogen) atoms. The maximum atomic E-state index is 5.65. The Morgan fingerprint density at radius 3 is 2.84 bits per heavy atom. The maximum Gasteiger partial charge on any atom is 0.181 e. The van der Waals surface area contributed by atoms with E-state index < -0.39 is 0 Å². The third-order valence-electron chi connectivity index (χ3n) is 2.99. The molecule has 0 saturated carbocycles. The van der Waals surface area contributed by atoms with Gasteiger partial charge in [0.2, 0.25) is 0 Å². The third-order valence-corrected chi connectivity index (χ3v) is 2.99. The molecule has 2 aromatic heterocycles. The first-order valence-corrected chi connectivity index (χ1v) is 6.33. The lowest BCUT2D eigenvalue weighted by atomic mass is 10.3. The Hall–Kier alpha value is -2.36. The highest BCUT2D eigenvalue weighted by atomic mass is 16.5. The van der Waals surface area contributed by atoms with Crippen molar-refractivity contribution in [3.05, 3.63) is 48.4 Å². The lowest BCUT2D eigenvalue weighted by Crippen LogP contribution is -2.04. The molecule has 0 fully saturated rings. The van der Waals surface area contributed by atoms with E-state index in [0.717, 1.165) is 28.4 Å². The molecule has 0 N–H and O–H groups in total. The largest absolute Gasteiger partial charge is 0.490 e. The van der Waals surface area contributed by atoms with E-state index in [1.54, 1.807) is 6.20 Å². The second-order valence-corrected chi connectivity index (χ2v) is 4.24. The van der Waals surface area contributed by atoms with Gasteiger partial charge in [0.25, 0.3) is 0 Å². The van der Waals surface area contributed by atoms with Gasteiger partial charge in [-0.3, -0.25) is 4.57 Å². The Bertz CT molecular complexity index is 718. The van der Waals surface area contributed by atoms with Crippen molar-refractivity contribution in [1.29, 1.82) is 0 Å². The second-order valence-electron chi connectivity index (χ2n) is 4.24. The monoisotopic (exact) mass is 253 g/mol. The predicted molar refractivity (Wildman–Crippen MR) is 74.8 cm³/mol. The number of hydrogen-bond acceptors (Lipinski definition) is 3. The number of imidazole rings is 1. The average Bonchev–Trinajstić information content (AvgIpc) is 2.76. The van der Waals surface area contributed by atoms with E-state index in [9.17, 15) is 0 Å². The minimum atomic E-state index is 0.615. The summed E-state index contributed by atoms with van der Waals surface area (Å²) in [5.41, 5.74) is 2.01. The molecule has 0 aliphatic heterocycles. The third kappa shape index (κ3) is 1.95. The van der Waals surface area contributed by atoms with Crippen molar-refractivity contribution >= 4 is 11.0 Å². The fraction of sp³-hybridized carbons (Fsp3) is 0.200. The first kappa shape index (κ1) is 11.7. The Morgan fingerprint density at radius 2 is 2.00 bits per heavy atom.